The Kier molecular flexibility index (Phi) is 8.23. The summed E-state index contributed by atoms with van der Waals surface area (Å²) in [5.41, 5.74) is 1.56. The third kappa shape index (κ3) is 6.28. The SMILES string of the molecule is CC(=O)Nc1ccc(OC2CCN(C[C@H]3CN(c4ccc(Cl)cc4)C(=O)O3)CC2)cc1.Cl. The molecular formula is C23H27Cl2N3O4. The average Bonchev–Trinajstić information content (AvgIpc) is 3.11. The van der Waals surface area contributed by atoms with Gasteiger partial charge < -0.3 is 14.8 Å². The Hall–Kier alpha value is -2.48. The summed E-state index contributed by atoms with van der Waals surface area (Å²) in [5, 5.41) is 3.39. The number of rotatable bonds is 6. The highest BCUT2D eigenvalue weighted by Crippen LogP contribution is 2.25. The third-order valence-corrected chi connectivity index (χ3v) is 5.74. The van der Waals surface area contributed by atoms with Gasteiger partial charge in [0.15, 0.2) is 0 Å². The molecular weight excluding hydrogens is 453 g/mol. The van der Waals surface area contributed by atoms with Crippen molar-refractivity contribution in [3.8, 4) is 5.75 Å². The van der Waals surface area contributed by atoms with Gasteiger partial charge >= 0.3 is 6.09 Å². The maximum absolute atomic E-state index is 12.3. The molecule has 0 unspecified atom stereocenters. The van der Waals surface area contributed by atoms with Crippen LogP contribution in [0.15, 0.2) is 48.5 Å². The van der Waals surface area contributed by atoms with Crippen LogP contribution in [-0.2, 0) is 9.53 Å². The van der Waals surface area contributed by atoms with Crippen LogP contribution in [0.25, 0.3) is 0 Å². The summed E-state index contributed by atoms with van der Waals surface area (Å²) >= 11 is 5.93. The van der Waals surface area contributed by atoms with Gasteiger partial charge in [0, 0.05) is 43.0 Å². The van der Waals surface area contributed by atoms with E-state index in [0.29, 0.717) is 18.1 Å². The van der Waals surface area contributed by atoms with Crippen LogP contribution in [0.3, 0.4) is 0 Å². The van der Waals surface area contributed by atoms with E-state index < -0.39 is 0 Å². The predicted molar refractivity (Wildman–Crippen MR) is 127 cm³/mol. The van der Waals surface area contributed by atoms with Gasteiger partial charge in [0.05, 0.1) is 6.54 Å². The second-order valence-electron chi connectivity index (χ2n) is 7.92. The molecule has 1 N–H and O–H groups in total. The van der Waals surface area contributed by atoms with E-state index in [1.165, 1.54) is 6.92 Å². The summed E-state index contributed by atoms with van der Waals surface area (Å²) in [6.45, 7) is 4.53. The highest BCUT2D eigenvalue weighted by Gasteiger charge is 2.34. The van der Waals surface area contributed by atoms with Gasteiger partial charge in [-0.25, -0.2) is 4.79 Å². The van der Waals surface area contributed by atoms with E-state index in [-0.39, 0.29) is 36.6 Å². The van der Waals surface area contributed by atoms with E-state index >= 15 is 0 Å². The zero-order valence-corrected chi connectivity index (χ0v) is 19.4. The molecule has 0 aromatic heterocycles. The zero-order chi connectivity index (χ0) is 21.8. The topological polar surface area (TPSA) is 71.1 Å². The van der Waals surface area contributed by atoms with E-state index in [1.807, 2.05) is 36.4 Å². The molecule has 2 aliphatic rings. The van der Waals surface area contributed by atoms with Crippen molar-refractivity contribution in [2.24, 2.45) is 0 Å². The molecule has 0 radical (unpaired) electrons. The smallest absolute Gasteiger partial charge is 0.414 e. The minimum Gasteiger partial charge on any atom is -0.490 e. The number of likely N-dealkylation sites (tertiary alicyclic amines) is 1. The first-order valence-corrected chi connectivity index (χ1v) is 10.8. The Bertz CT molecular complexity index is 916. The van der Waals surface area contributed by atoms with Crippen LogP contribution in [0.2, 0.25) is 5.02 Å². The molecule has 2 heterocycles. The van der Waals surface area contributed by atoms with Crippen molar-refractivity contribution in [3.63, 3.8) is 0 Å². The molecule has 2 aliphatic heterocycles. The maximum atomic E-state index is 12.3. The average molecular weight is 480 g/mol. The Morgan fingerprint density at radius 2 is 1.78 bits per heavy atom. The molecule has 2 aromatic carbocycles. The molecule has 172 valence electrons. The number of nitrogens with zero attached hydrogens (tertiary/aromatic N) is 2. The largest absolute Gasteiger partial charge is 0.490 e. The van der Waals surface area contributed by atoms with Crippen LogP contribution in [-0.4, -0.2) is 55.3 Å². The number of carbonyl (C=O) groups excluding carboxylic acids is 2. The first-order chi connectivity index (χ1) is 15.0. The van der Waals surface area contributed by atoms with E-state index in [9.17, 15) is 9.59 Å². The molecule has 1 atom stereocenters. The fraction of sp³-hybridized carbons (Fsp3) is 0.391. The summed E-state index contributed by atoms with van der Waals surface area (Å²) in [6.07, 6.45) is 1.51. The number of anilines is 2. The Balaban J connectivity index is 0.00000289. The minimum atomic E-state index is -0.312. The summed E-state index contributed by atoms with van der Waals surface area (Å²) in [5.74, 6) is 0.709. The van der Waals surface area contributed by atoms with Crippen LogP contribution in [0.1, 0.15) is 19.8 Å². The highest BCUT2D eigenvalue weighted by molar-refractivity contribution is 6.30. The van der Waals surface area contributed by atoms with Crippen molar-refractivity contribution in [1.29, 1.82) is 0 Å². The van der Waals surface area contributed by atoms with Gasteiger partial charge in [0.1, 0.15) is 18.0 Å². The monoisotopic (exact) mass is 479 g/mol. The minimum absolute atomic E-state index is 0. The lowest BCUT2D eigenvalue weighted by Crippen LogP contribution is -2.42. The number of benzene rings is 2. The van der Waals surface area contributed by atoms with Crippen LogP contribution in [0.5, 0.6) is 5.75 Å². The van der Waals surface area contributed by atoms with Crippen molar-refractivity contribution < 1.29 is 19.1 Å². The lowest BCUT2D eigenvalue weighted by Gasteiger charge is -2.33. The third-order valence-electron chi connectivity index (χ3n) is 5.49. The number of halogens is 2. The quantitative estimate of drug-likeness (QED) is 0.655. The number of carbonyl (C=O) groups is 2. The summed E-state index contributed by atoms with van der Waals surface area (Å²) < 4.78 is 11.7. The van der Waals surface area contributed by atoms with Crippen molar-refractivity contribution in [1.82, 2.24) is 4.90 Å². The summed E-state index contributed by atoms with van der Waals surface area (Å²) in [6, 6.07) is 14.6. The number of hydrogen-bond donors (Lipinski definition) is 1. The second kappa shape index (κ2) is 10.9. The van der Waals surface area contributed by atoms with Crippen molar-refractivity contribution in [3.05, 3.63) is 53.6 Å². The van der Waals surface area contributed by atoms with E-state index in [1.54, 1.807) is 17.0 Å². The fourth-order valence-corrected chi connectivity index (χ4v) is 4.08. The maximum Gasteiger partial charge on any atom is 0.414 e. The van der Waals surface area contributed by atoms with Crippen LogP contribution >= 0.6 is 24.0 Å². The molecule has 0 aliphatic carbocycles. The van der Waals surface area contributed by atoms with Crippen LogP contribution in [0, 0.1) is 0 Å². The molecule has 2 amide bonds. The zero-order valence-electron chi connectivity index (χ0n) is 17.8. The van der Waals surface area contributed by atoms with Gasteiger partial charge in [-0.1, -0.05) is 11.6 Å². The first kappa shape index (κ1) is 24.2. The highest BCUT2D eigenvalue weighted by atomic mass is 35.5. The van der Waals surface area contributed by atoms with Gasteiger partial charge in [-0.15, -0.1) is 12.4 Å². The number of nitrogens with one attached hydrogen (secondary N) is 1. The predicted octanol–water partition coefficient (Wildman–Crippen LogP) is 4.59. The molecule has 32 heavy (non-hydrogen) atoms. The van der Waals surface area contributed by atoms with Gasteiger partial charge in [0.2, 0.25) is 5.91 Å². The molecule has 0 bridgehead atoms. The number of ether oxygens (including phenoxy) is 2. The van der Waals surface area contributed by atoms with E-state index in [2.05, 4.69) is 10.2 Å². The van der Waals surface area contributed by atoms with Gasteiger partial charge in [-0.3, -0.25) is 14.6 Å². The molecule has 0 spiro atoms. The molecule has 2 aromatic rings. The molecule has 0 saturated carbocycles. The summed E-state index contributed by atoms with van der Waals surface area (Å²) in [7, 11) is 0. The number of hydrogen-bond acceptors (Lipinski definition) is 5. The Morgan fingerprint density at radius 1 is 1.12 bits per heavy atom. The van der Waals surface area contributed by atoms with E-state index in [4.69, 9.17) is 21.1 Å². The van der Waals surface area contributed by atoms with Crippen LogP contribution < -0.4 is 15.0 Å². The number of amides is 2. The number of piperidine rings is 1. The standard InChI is InChI=1S/C23H26ClN3O4.ClH/c1-16(28)25-18-4-8-20(9-5-18)30-21-10-12-26(13-11-21)14-22-15-27(23(29)31-22)19-6-2-17(24)3-7-19;/h2-9,21-22H,10-15H2,1H3,(H,25,28);1H/t22-;/m0./s1. The molecule has 9 heteroatoms. The lowest BCUT2D eigenvalue weighted by molar-refractivity contribution is -0.114. The van der Waals surface area contributed by atoms with Gasteiger partial charge in [0.25, 0.3) is 0 Å². The van der Waals surface area contributed by atoms with Gasteiger partial charge in [-0.2, -0.15) is 0 Å². The second-order valence-corrected chi connectivity index (χ2v) is 8.35. The van der Waals surface area contributed by atoms with Crippen molar-refractivity contribution >= 4 is 47.4 Å². The van der Waals surface area contributed by atoms with E-state index in [0.717, 1.165) is 43.1 Å². The lowest BCUT2D eigenvalue weighted by atomic mass is 10.1. The van der Waals surface area contributed by atoms with Gasteiger partial charge in [-0.05, 0) is 61.4 Å². The summed E-state index contributed by atoms with van der Waals surface area (Å²) in [4.78, 5) is 27.3. The molecule has 7 nitrogen and oxygen atoms in total. The molecule has 2 saturated heterocycles. The number of cyclic esters (lactones) is 1. The fourth-order valence-electron chi connectivity index (χ4n) is 3.96. The normalized spacial score (nSPS) is 19.2. The van der Waals surface area contributed by atoms with Crippen molar-refractivity contribution in [2.75, 3.05) is 36.4 Å². The Morgan fingerprint density at radius 3 is 2.41 bits per heavy atom. The molecule has 4 rings (SSSR count). The molecule has 2 fully saturated rings. The Labute approximate surface area is 199 Å². The van der Waals surface area contributed by atoms with Crippen molar-refractivity contribution in [2.45, 2.75) is 32.0 Å². The first-order valence-electron chi connectivity index (χ1n) is 10.5. The van der Waals surface area contributed by atoms with Crippen LogP contribution in [0.4, 0.5) is 16.2 Å².